The van der Waals surface area contributed by atoms with Crippen molar-refractivity contribution in [3.05, 3.63) is 53.9 Å². The molecule has 0 saturated heterocycles. The molecule has 2 aromatic rings. The maximum atomic E-state index is 11.9. The first-order valence-electron chi connectivity index (χ1n) is 6.75. The molecule has 0 radical (unpaired) electrons. The summed E-state index contributed by atoms with van der Waals surface area (Å²) in [7, 11) is 0. The second kappa shape index (κ2) is 6.81. The largest absolute Gasteiger partial charge is 0.390 e. The number of amides is 1. The maximum Gasteiger partial charge on any atom is 0.274 e. The number of carbonyl (C=O) groups excluding carboxylic acids is 1. The van der Waals surface area contributed by atoms with Crippen LogP contribution in [0.4, 0.5) is 0 Å². The van der Waals surface area contributed by atoms with Gasteiger partial charge >= 0.3 is 0 Å². The maximum absolute atomic E-state index is 11.9. The molecule has 0 bridgehead atoms. The highest BCUT2D eigenvalue weighted by Gasteiger charge is 2.18. The Morgan fingerprint density at radius 2 is 2.10 bits per heavy atom. The SMILES string of the molecule is C=CCNC(=O)c1nn(-c2ccc(CC)cc2)nc1CO. The van der Waals surface area contributed by atoms with Crippen LogP contribution in [0.2, 0.25) is 0 Å². The molecule has 1 aromatic heterocycles. The summed E-state index contributed by atoms with van der Waals surface area (Å²) in [5.74, 6) is -0.379. The lowest BCUT2D eigenvalue weighted by Gasteiger charge is -2.01. The second-order valence-electron chi connectivity index (χ2n) is 4.46. The Kier molecular flexibility index (Phi) is 4.84. The zero-order valence-electron chi connectivity index (χ0n) is 11.9. The van der Waals surface area contributed by atoms with Gasteiger partial charge in [-0.1, -0.05) is 25.1 Å². The van der Waals surface area contributed by atoms with Crippen LogP contribution in [0.25, 0.3) is 5.69 Å². The molecule has 1 amide bonds. The predicted octanol–water partition coefficient (Wildman–Crippen LogP) is 1.24. The van der Waals surface area contributed by atoms with E-state index >= 15 is 0 Å². The molecule has 0 unspecified atom stereocenters. The van der Waals surface area contributed by atoms with E-state index in [1.54, 1.807) is 6.08 Å². The molecular formula is C15H18N4O2. The summed E-state index contributed by atoms with van der Waals surface area (Å²) in [6, 6.07) is 7.72. The monoisotopic (exact) mass is 286 g/mol. The zero-order valence-corrected chi connectivity index (χ0v) is 11.9. The number of aliphatic hydroxyl groups excluding tert-OH is 1. The van der Waals surface area contributed by atoms with E-state index in [9.17, 15) is 9.90 Å². The Labute approximate surface area is 123 Å². The van der Waals surface area contributed by atoms with Gasteiger partial charge in [0.05, 0.1) is 12.3 Å². The number of aryl methyl sites for hydroxylation is 1. The molecule has 6 nitrogen and oxygen atoms in total. The van der Waals surface area contributed by atoms with Crippen LogP contribution in [-0.2, 0) is 13.0 Å². The molecule has 1 heterocycles. The van der Waals surface area contributed by atoms with E-state index in [4.69, 9.17) is 0 Å². The van der Waals surface area contributed by atoms with E-state index in [0.29, 0.717) is 6.54 Å². The Morgan fingerprint density at radius 1 is 1.38 bits per heavy atom. The van der Waals surface area contributed by atoms with Crippen molar-refractivity contribution in [1.82, 2.24) is 20.3 Å². The first kappa shape index (κ1) is 14.9. The molecule has 0 atom stereocenters. The average Bonchev–Trinajstić information content (AvgIpc) is 2.97. The molecule has 0 fully saturated rings. The van der Waals surface area contributed by atoms with E-state index in [-0.39, 0.29) is 23.9 Å². The van der Waals surface area contributed by atoms with E-state index < -0.39 is 0 Å². The number of hydrogen-bond acceptors (Lipinski definition) is 4. The summed E-state index contributed by atoms with van der Waals surface area (Å²) in [6.07, 6.45) is 2.52. The highest BCUT2D eigenvalue weighted by molar-refractivity contribution is 5.93. The predicted molar refractivity (Wildman–Crippen MR) is 79.2 cm³/mol. The van der Waals surface area contributed by atoms with Gasteiger partial charge < -0.3 is 10.4 Å². The Balaban J connectivity index is 2.30. The van der Waals surface area contributed by atoms with Crippen molar-refractivity contribution >= 4 is 5.91 Å². The molecule has 0 spiro atoms. The van der Waals surface area contributed by atoms with Gasteiger partial charge in [0.25, 0.3) is 5.91 Å². The molecule has 1 aromatic carbocycles. The van der Waals surface area contributed by atoms with E-state index in [1.807, 2.05) is 24.3 Å². The third-order valence-electron chi connectivity index (χ3n) is 3.03. The summed E-state index contributed by atoms with van der Waals surface area (Å²) in [5.41, 5.74) is 2.32. The van der Waals surface area contributed by atoms with Crippen LogP contribution in [-0.4, -0.2) is 32.6 Å². The minimum Gasteiger partial charge on any atom is -0.390 e. The summed E-state index contributed by atoms with van der Waals surface area (Å²) < 4.78 is 0. The van der Waals surface area contributed by atoms with Crippen LogP contribution < -0.4 is 5.32 Å². The number of carbonyl (C=O) groups is 1. The molecule has 21 heavy (non-hydrogen) atoms. The average molecular weight is 286 g/mol. The third-order valence-corrected chi connectivity index (χ3v) is 3.03. The molecule has 0 aliphatic heterocycles. The fraction of sp³-hybridized carbons (Fsp3) is 0.267. The number of aliphatic hydroxyl groups is 1. The minimum absolute atomic E-state index is 0.124. The number of nitrogens with zero attached hydrogens (tertiary/aromatic N) is 3. The van der Waals surface area contributed by atoms with E-state index in [0.717, 1.165) is 12.1 Å². The van der Waals surface area contributed by atoms with Gasteiger partial charge in [-0.3, -0.25) is 4.79 Å². The first-order chi connectivity index (χ1) is 10.2. The number of rotatable bonds is 6. The van der Waals surface area contributed by atoms with Gasteiger partial charge in [-0.05, 0) is 24.1 Å². The summed E-state index contributed by atoms with van der Waals surface area (Å²) in [6.45, 7) is 5.60. The van der Waals surface area contributed by atoms with Crippen LogP contribution in [0.5, 0.6) is 0 Å². The van der Waals surface area contributed by atoms with Crippen LogP contribution in [0.15, 0.2) is 36.9 Å². The van der Waals surface area contributed by atoms with Gasteiger partial charge in [0, 0.05) is 6.54 Å². The lowest BCUT2D eigenvalue weighted by molar-refractivity contribution is 0.0949. The molecule has 0 aliphatic carbocycles. The molecule has 0 aliphatic rings. The highest BCUT2D eigenvalue weighted by Crippen LogP contribution is 2.11. The molecule has 2 rings (SSSR count). The number of benzene rings is 1. The molecule has 0 saturated carbocycles. The topological polar surface area (TPSA) is 80.0 Å². The van der Waals surface area contributed by atoms with Crippen molar-refractivity contribution in [2.75, 3.05) is 6.54 Å². The smallest absolute Gasteiger partial charge is 0.274 e. The normalized spacial score (nSPS) is 10.4. The van der Waals surface area contributed by atoms with Crippen molar-refractivity contribution in [1.29, 1.82) is 0 Å². The highest BCUT2D eigenvalue weighted by atomic mass is 16.3. The fourth-order valence-electron chi connectivity index (χ4n) is 1.85. The van der Waals surface area contributed by atoms with Gasteiger partial charge in [0.1, 0.15) is 5.69 Å². The molecule has 2 N–H and O–H groups in total. The third kappa shape index (κ3) is 3.35. The minimum atomic E-state index is -0.379. The van der Waals surface area contributed by atoms with Gasteiger partial charge in [0.15, 0.2) is 5.69 Å². The van der Waals surface area contributed by atoms with Gasteiger partial charge in [-0.2, -0.15) is 4.80 Å². The van der Waals surface area contributed by atoms with E-state index in [2.05, 4.69) is 29.0 Å². The van der Waals surface area contributed by atoms with E-state index in [1.165, 1.54) is 10.4 Å². The van der Waals surface area contributed by atoms with Crippen LogP contribution in [0.3, 0.4) is 0 Å². The number of hydrogen-bond donors (Lipinski definition) is 2. The van der Waals surface area contributed by atoms with Gasteiger partial charge in [-0.25, -0.2) is 0 Å². The van der Waals surface area contributed by atoms with Crippen molar-refractivity contribution in [3.63, 3.8) is 0 Å². The Bertz CT molecular complexity index is 632. The number of aromatic nitrogens is 3. The second-order valence-corrected chi connectivity index (χ2v) is 4.46. The first-order valence-corrected chi connectivity index (χ1v) is 6.75. The fourth-order valence-corrected chi connectivity index (χ4v) is 1.85. The van der Waals surface area contributed by atoms with Crippen LogP contribution in [0, 0.1) is 0 Å². The van der Waals surface area contributed by atoms with Crippen LogP contribution in [0.1, 0.15) is 28.7 Å². The zero-order chi connectivity index (χ0) is 15.2. The van der Waals surface area contributed by atoms with Crippen molar-refractivity contribution < 1.29 is 9.90 Å². The van der Waals surface area contributed by atoms with Crippen molar-refractivity contribution in [2.24, 2.45) is 0 Å². The summed E-state index contributed by atoms with van der Waals surface area (Å²) in [5, 5.41) is 20.3. The summed E-state index contributed by atoms with van der Waals surface area (Å²) in [4.78, 5) is 13.3. The van der Waals surface area contributed by atoms with Gasteiger partial charge in [0.2, 0.25) is 0 Å². The molecule has 6 heteroatoms. The van der Waals surface area contributed by atoms with Gasteiger partial charge in [-0.15, -0.1) is 16.8 Å². The summed E-state index contributed by atoms with van der Waals surface area (Å²) >= 11 is 0. The quantitative estimate of drug-likeness (QED) is 0.783. The van der Waals surface area contributed by atoms with Crippen molar-refractivity contribution in [3.8, 4) is 5.69 Å². The molecule has 110 valence electrons. The Hall–Kier alpha value is -2.47. The van der Waals surface area contributed by atoms with Crippen LogP contribution >= 0.6 is 0 Å². The standard InChI is InChI=1S/C15H18N4O2/c1-3-9-16-15(21)14-13(10-20)17-19(18-14)12-7-5-11(4-2)6-8-12/h3,5-8,20H,1,4,9-10H2,2H3,(H,16,21). The lowest BCUT2D eigenvalue weighted by atomic mass is 10.2. The lowest BCUT2D eigenvalue weighted by Crippen LogP contribution is -2.24. The van der Waals surface area contributed by atoms with Crippen molar-refractivity contribution in [2.45, 2.75) is 20.0 Å². The molecular weight excluding hydrogens is 268 g/mol. The number of nitrogens with one attached hydrogen (secondary N) is 1. The Morgan fingerprint density at radius 3 is 2.67 bits per heavy atom.